The van der Waals surface area contributed by atoms with Crippen LogP contribution in [-0.4, -0.2) is 37.8 Å². The molecular formula is C21H20Cl2N4OS. The number of rotatable bonds is 6. The van der Waals surface area contributed by atoms with E-state index in [2.05, 4.69) is 25.8 Å². The van der Waals surface area contributed by atoms with Crippen LogP contribution in [0.3, 0.4) is 0 Å². The highest BCUT2D eigenvalue weighted by Gasteiger charge is 2.41. The van der Waals surface area contributed by atoms with Crippen molar-refractivity contribution < 1.29 is 5.11 Å². The van der Waals surface area contributed by atoms with Gasteiger partial charge in [-0.05, 0) is 61.1 Å². The summed E-state index contributed by atoms with van der Waals surface area (Å²) in [7, 11) is 0. The summed E-state index contributed by atoms with van der Waals surface area (Å²) in [6.07, 6.45) is 4.38. The molecule has 5 nitrogen and oxygen atoms in total. The highest BCUT2D eigenvalue weighted by atomic mass is 35.5. The van der Waals surface area contributed by atoms with Gasteiger partial charge in [0.05, 0.1) is 28.5 Å². The maximum absolute atomic E-state index is 9.37. The number of pyridine rings is 1. The molecule has 1 saturated heterocycles. The Balaban J connectivity index is 1.81. The van der Waals surface area contributed by atoms with E-state index in [-0.39, 0.29) is 18.7 Å². The van der Waals surface area contributed by atoms with Crippen molar-refractivity contribution in [1.29, 1.82) is 0 Å². The molecule has 0 bridgehead atoms. The molecule has 0 spiro atoms. The third-order valence-corrected chi connectivity index (χ3v) is 5.90. The lowest BCUT2D eigenvalue weighted by atomic mass is 10.0. The van der Waals surface area contributed by atoms with Gasteiger partial charge in [0, 0.05) is 36.3 Å². The smallest absolute Gasteiger partial charge is 0.170 e. The maximum atomic E-state index is 9.37. The van der Waals surface area contributed by atoms with Crippen LogP contribution in [0.15, 0.2) is 60.9 Å². The second kappa shape index (κ2) is 8.71. The SMILES string of the molecule is OCCCN1C(=S)N[C@H](c2ccccn2)[C@@H]1c1cccn1-c1ccc(Cl)cc1Cl. The summed E-state index contributed by atoms with van der Waals surface area (Å²) >= 11 is 18.2. The molecular weight excluding hydrogens is 427 g/mol. The lowest BCUT2D eigenvalue weighted by molar-refractivity contribution is 0.245. The molecule has 1 fully saturated rings. The van der Waals surface area contributed by atoms with Crippen molar-refractivity contribution in [2.45, 2.75) is 18.5 Å². The zero-order valence-corrected chi connectivity index (χ0v) is 17.8. The number of aromatic nitrogens is 2. The van der Waals surface area contributed by atoms with Crippen molar-refractivity contribution in [3.05, 3.63) is 82.4 Å². The second-order valence-corrected chi connectivity index (χ2v) is 8.03. The van der Waals surface area contributed by atoms with Gasteiger partial charge in [0.15, 0.2) is 5.11 Å². The Morgan fingerprint density at radius 2 is 2.00 bits per heavy atom. The van der Waals surface area contributed by atoms with E-state index in [1.54, 1.807) is 12.3 Å². The van der Waals surface area contributed by atoms with E-state index in [9.17, 15) is 5.11 Å². The Hall–Kier alpha value is -2.12. The van der Waals surface area contributed by atoms with E-state index >= 15 is 0 Å². The zero-order valence-electron chi connectivity index (χ0n) is 15.5. The van der Waals surface area contributed by atoms with Crippen molar-refractivity contribution in [1.82, 2.24) is 19.8 Å². The number of nitrogens with zero attached hydrogens (tertiary/aromatic N) is 3. The summed E-state index contributed by atoms with van der Waals surface area (Å²) < 4.78 is 2.06. The normalized spacial score (nSPS) is 18.9. The summed E-state index contributed by atoms with van der Waals surface area (Å²) in [6, 6.07) is 15.1. The number of benzene rings is 1. The summed E-state index contributed by atoms with van der Waals surface area (Å²) in [5.41, 5.74) is 2.77. The first-order chi connectivity index (χ1) is 14.1. The van der Waals surface area contributed by atoms with Crippen LogP contribution in [-0.2, 0) is 0 Å². The molecule has 0 radical (unpaired) electrons. The molecule has 0 saturated carbocycles. The number of thiocarbonyl (C=S) groups is 1. The average molecular weight is 447 g/mol. The Labute approximate surface area is 184 Å². The predicted octanol–water partition coefficient (Wildman–Crippen LogP) is 4.53. The number of aliphatic hydroxyl groups excluding tert-OH is 1. The van der Waals surface area contributed by atoms with Gasteiger partial charge in [0.25, 0.3) is 0 Å². The topological polar surface area (TPSA) is 53.3 Å². The Bertz CT molecular complexity index is 1010. The van der Waals surface area contributed by atoms with Gasteiger partial charge >= 0.3 is 0 Å². The van der Waals surface area contributed by atoms with Crippen LogP contribution < -0.4 is 5.32 Å². The third kappa shape index (κ3) is 3.98. The van der Waals surface area contributed by atoms with E-state index in [0.29, 0.717) is 28.1 Å². The van der Waals surface area contributed by atoms with E-state index in [1.807, 2.05) is 42.6 Å². The van der Waals surface area contributed by atoms with E-state index < -0.39 is 0 Å². The maximum Gasteiger partial charge on any atom is 0.170 e. The first kappa shape index (κ1) is 20.2. The number of halogens is 2. The van der Waals surface area contributed by atoms with Crippen LogP contribution in [0.25, 0.3) is 5.69 Å². The molecule has 2 N–H and O–H groups in total. The minimum Gasteiger partial charge on any atom is -0.396 e. The fraction of sp³-hybridized carbons (Fsp3) is 0.238. The molecule has 4 rings (SSSR count). The van der Waals surface area contributed by atoms with Crippen molar-refractivity contribution in [3.8, 4) is 5.69 Å². The first-order valence-corrected chi connectivity index (χ1v) is 10.5. The predicted molar refractivity (Wildman–Crippen MR) is 120 cm³/mol. The van der Waals surface area contributed by atoms with E-state index in [0.717, 1.165) is 17.1 Å². The van der Waals surface area contributed by atoms with Crippen LogP contribution in [0.1, 0.15) is 29.9 Å². The molecule has 1 aromatic carbocycles. The Kier molecular flexibility index (Phi) is 6.06. The lowest BCUT2D eigenvalue weighted by Gasteiger charge is -2.29. The highest BCUT2D eigenvalue weighted by molar-refractivity contribution is 7.80. The average Bonchev–Trinajstić information content (AvgIpc) is 3.31. The number of hydrogen-bond donors (Lipinski definition) is 2. The van der Waals surface area contributed by atoms with Crippen LogP contribution in [0.5, 0.6) is 0 Å². The van der Waals surface area contributed by atoms with Gasteiger partial charge in [-0.2, -0.15) is 0 Å². The molecule has 29 heavy (non-hydrogen) atoms. The van der Waals surface area contributed by atoms with Crippen LogP contribution in [0.4, 0.5) is 0 Å². The van der Waals surface area contributed by atoms with Crippen molar-refractivity contribution in [2.75, 3.05) is 13.2 Å². The monoisotopic (exact) mass is 446 g/mol. The minimum atomic E-state index is -0.123. The molecule has 1 aliphatic rings. The van der Waals surface area contributed by atoms with Crippen LogP contribution in [0.2, 0.25) is 10.0 Å². The third-order valence-electron chi connectivity index (χ3n) is 5.01. The first-order valence-electron chi connectivity index (χ1n) is 9.31. The fourth-order valence-electron chi connectivity index (χ4n) is 3.74. The van der Waals surface area contributed by atoms with E-state index in [4.69, 9.17) is 35.4 Å². The Morgan fingerprint density at radius 1 is 1.14 bits per heavy atom. The van der Waals surface area contributed by atoms with Gasteiger partial charge in [-0.3, -0.25) is 4.98 Å². The van der Waals surface area contributed by atoms with Crippen LogP contribution in [0, 0.1) is 0 Å². The summed E-state index contributed by atoms with van der Waals surface area (Å²) in [6.45, 7) is 0.736. The van der Waals surface area contributed by atoms with Gasteiger partial charge in [-0.25, -0.2) is 0 Å². The number of nitrogens with one attached hydrogen (secondary N) is 1. The summed E-state index contributed by atoms with van der Waals surface area (Å²) in [4.78, 5) is 6.66. The molecule has 0 aliphatic carbocycles. The molecule has 2 aromatic heterocycles. The van der Waals surface area contributed by atoms with Gasteiger partial charge in [0.1, 0.15) is 0 Å². The molecule has 150 valence electrons. The molecule has 8 heteroatoms. The second-order valence-electron chi connectivity index (χ2n) is 6.80. The summed E-state index contributed by atoms with van der Waals surface area (Å²) in [5.74, 6) is 0. The zero-order chi connectivity index (χ0) is 20.4. The number of hydrogen-bond acceptors (Lipinski definition) is 3. The highest BCUT2D eigenvalue weighted by Crippen LogP contribution is 2.40. The Morgan fingerprint density at radius 3 is 2.72 bits per heavy atom. The minimum absolute atomic E-state index is 0.101. The molecule has 1 aliphatic heterocycles. The molecule has 3 aromatic rings. The molecule has 3 heterocycles. The van der Waals surface area contributed by atoms with Crippen molar-refractivity contribution in [3.63, 3.8) is 0 Å². The quantitative estimate of drug-likeness (QED) is 0.544. The largest absolute Gasteiger partial charge is 0.396 e. The van der Waals surface area contributed by atoms with Gasteiger partial charge in [-0.1, -0.05) is 29.3 Å². The van der Waals surface area contributed by atoms with Crippen LogP contribution >= 0.6 is 35.4 Å². The van der Waals surface area contributed by atoms with Gasteiger partial charge < -0.3 is 19.9 Å². The fourth-order valence-corrected chi connectivity index (χ4v) is 4.57. The van der Waals surface area contributed by atoms with Crippen molar-refractivity contribution >= 4 is 40.5 Å². The molecule has 2 atom stereocenters. The van der Waals surface area contributed by atoms with Gasteiger partial charge in [0.2, 0.25) is 0 Å². The summed E-state index contributed by atoms with van der Waals surface area (Å²) in [5, 5.41) is 14.6. The van der Waals surface area contributed by atoms with Crippen molar-refractivity contribution in [2.24, 2.45) is 0 Å². The van der Waals surface area contributed by atoms with Gasteiger partial charge in [-0.15, -0.1) is 0 Å². The molecule has 0 amide bonds. The molecule has 0 unspecified atom stereocenters. The van der Waals surface area contributed by atoms with E-state index in [1.165, 1.54) is 0 Å². The number of aliphatic hydroxyl groups is 1. The standard InChI is InChI=1S/C21H20Cl2N4OS/c22-14-7-8-17(15(23)13-14)26-10-3-6-18(26)20-19(16-5-1-2-9-24-16)25-21(29)27(20)11-4-12-28/h1-3,5-10,13,19-20,28H,4,11-12H2,(H,25,29)/t19-,20+/m1/s1. The lowest BCUT2D eigenvalue weighted by Crippen LogP contribution is -2.31.